The summed E-state index contributed by atoms with van der Waals surface area (Å²) in [6.07, 6.45) is 1.10. The summed E-state index contributed by atoms with van der Waals surface area (Å²) in [5.74, 6) is 1.58. The number of nitrogens with zero attached hydrogens (tertiary/aromatic N) is 1. The molecule has 6 nitrogen and oxygen atoms in total. The Bertz CT molecular complexity index is 882. The van der Waals surface area contributed by atoms with Crippen LogP contribution >= 0.6 is 7.60 Å². The summed E-state index contributed by atoms with van der Waals surface area (Å²) in [5, 5.41) is 2.14. The van der Waals surface area contributed by atoms with Crippen LogP contribution in [0.1, 0.15) is 12.8 Å². The second-order valence-electron chi connectivity index (χ2n) is 6.01. The largest absolute Gasteiger partial charge is 0.497 e. The third-order valence-electron chi connectivity index (χ3n) is 4.36. The SMILES string of the molecule is COc1ccc2c(c1)c1cc(OC)ccc1n2CCCCP(=O)(O)O. The molecule has 134 valence electrons. The molecular weight excluding hydrogens is 341 g/mol. The van der Waals surface area contributed by atoms with Crippen molar-refractivity contribution in [1.29, 1.82) is 0 Å². The Morgan fingerprint density at radius 2 is 1.44 bits per heavy atom. The van der Waals surface area contributed by atoms with Crippen LogP contribution in [0.15, 0.2) is 36.4 Å². The average molecular weight is 363 g/mol. The van der Waals surface area contributed by atoms with Gasteiger partial charge in [-0.1, -0.05) is 0 Å². The van der Waals surface area contributed by atoms with E-state index in [0.717, 1.165) is 33.3 Å². The van der Waals surface area contributed by atoms with Gasteiger partial charge in [-0.15, -0.1) is 0 Å². The van der Waals surface area contributed by atoms with Gasteiger partial charge < -0.3 is 23.8 Å². The van der Waals surface area contributed by atoms with Crippen LogP contribution in [0.3, 0.4) is 0 Å². The molecule has 0 aliphatic carbocycles. The molecule has 2 N–H and O–H groups in total. The number of aromatic nitrogens is 1. The first-order valence-electron chi connectivity index (χ1n) is 8.11. The van der Waals surface area contributed by atoms with Crippen LogP contribution in [0.2, 0.25) is 0 Å². The number of ether oxygens (including phenoxy) is 2. The Kier molecular flexibility index (Phi) is 5.04. The summed E-state index contributed by atoms with van der Waals surface area (Å²) < 4.78 is 23.9. The predicted molar refractivity (Wildman–Crippen MR) is 98.7 cm³/mol. The number of aryl methyl sites for hydroxylation is 1. The molecule has 3 rings (SSSR count). The van der Waals surface area contributed by atoms with E-state index in [1.165, 1.54) is 0 Å². The van der Waals surface area contributed by atoms with E-state index < -0.39 is 7.60 Å². The molecule has 0 spiro atoms. The molecule has 2 aromatic carbocycles. The molecule has 7 heteroatoms. The molecule has 0 radical (unpaired) electrons. The zero-order valence-corrected chi connectivity index (χ0v) is 15.2. The Morgan fingerprint density at radius 3 is 1.88 bits per heavy atom. The molecular formula is C18H22NO5P. The molecule has 0 saturated carbocycles. The lowest BCUT2D eigenvalue weighted by molar-refractivity contribution is 0.370. The Hall–Kier alpha value is -2.01. The van der Waals surface area contributed by atoms with Gasteiger partial charge >= 0.3 is 7.60 Å². The van der Waals surface area contributed by atoms with Gasteiger partial charge in [0.15, 0.2) is 0 Å². The fourth-order valence-electron chi connectivity index (χ4n) is 3.14. The third kappa shape index (κ3) is 3.82. The quantitative estimate of drug-likeness (QED) is 0.493. The van der Waals surface area contributed by atoms with Crippen LogP contribution < -0.4 is 9.47 Å². The predicted octanol–water partition coefficient (Wildman–Crippen LogP) is 3.77. The van der Waals surface area contributed by atoms with E-state index in [9.17, 15) is 4.57 Å². The molecule has 0 amide bonds. The molecule has 0 saturated heterocycles. The van der Waals surface area contributed by atoms with Crippen molar-refractivity contribution >= 4 is 29.4 Å². The van der Waals surface area contributed by atoms with Crippen LogP contribution in [0.25, 0.3) is 21.8 Å². The van der Waals surface area contributed by atoms with E-state index in [1.54, 1.807) is 14.2 Å². The number of hydrogen-bond acceptors (Lipinski definition) is 3. The van der Waals surface area contributed by atoms with Crippen molar-refractivity contribution in [3.63, 3.8) is 0 Å². The Morgan fingerprint density at radius 1 is 0.920 bits per heavy atom. The topological polar surface area (TPSA) is 80.9 Å². The molecule has 1 heterocycles. The molecule has 0 fully saturated rings. The van der Waals surface area contributed by atoms with E-state index in [-0.39, 0.29) is 6.16 Å². The van der Waals surface area contributed by atoms with Gasteiger partial charge in [0.05, 0.1) is 14.2 Å². The average Bonchev–Trinajstić information content (AvgIpc) is 2.90. The zero-order chi connectivity index (χ0) is 18.0. The van der Waals surface area contributed by atoms with Crippen LogP contribution in [-0.4, -0.2) is 34.7 Å². The lowest BCUT2D eigenvalue weighted by atomic mass is 10.1. The molecule has 25 heavy (non-hydrogen) atoms. The number of methoxy groups -OCH3 is 2. The molecule has 0 aliphatic rings. The fourth-order valence-corrected chi connectivity index (χ4v) is 3.78. The number of unbranched alkanes of at least 4 members (excludes halogenated alkanes) is 1. The van der Waals surface area contributed by atoms with E-state index >= 15 is 0 Å². The normalized spacial score (nSPS) is 12.0. The lowest BCUT2D eigenvalue weighted by Crippen LogP contribution is -1.99. The zero-order valence-electron chi connectivity index (χ0n) is 14.3. The van der Waals surface area contributed by atoms with Crippen molar-refractivity contribution < 1.29 is 23.8 Å². The minimum Gasteiger partial charge on any atom is -0.497 e. The molecule has 0 bridgehead atoms. The third-order valence-corrected chi connectivity index (χ3v) is 5.26. The smallest absolute Gasteiger partial charge is 0.325 e. The monoisotopic (exact) mass is 363 g/mol. The molecule has 0 aliphatic heterocycles. The lowest BCUT2D eigenvalue weighted by Gasteiger charge is -2.09. The number of hydrogen-bond donors (Lipinski definition) is 2. The summed E-state index contributed by atoms with van der Waals surface area (Å²) in [6.45, 7) is 0.693. The maximum Gasteiger partial charge on any atom is 0.325 e. The highest BCUT2D eigenvalue weighted by molar-refractivity contribution is 7.51. The molecule has 0 atom stereocenters. The fraction of sp³-hybridized carbons (Fsp3) is 0.333. The minimum atomic E-state index is -3.93. The van der Waals surface area contributed by atoms with E-state index in [2.05, 4.69) is 4.57 Å². The summed E-state index contributed by atoms with van der Waals surface area (Å²) in [4.78, 5) is 18.0. The van der Waals surface area contributed by atoms with Gasteiger partial charge in [0.2, 0.25) is 0 Å². The molecule has 1 aromatic heterocycles. The van der Waals surface area contributed by atoms with Gasteiger partial charge in [-0.3, -0.25) is 4.57 Å². The van der Waals surface area contributed by atoms with Crippen molar-refractivity contribution in [2.75, 3.05) is 20.4 Å². The van der Waals surface area contributed by atoms with Gasteiger partial charge in [-0.05, 0) is 49.2 Å². The highest BCUT2D eigenvalue weighted by atomic mass is 31.2. The van der Waals surface area contributed by atoms with Gasteiger partial charge in [-0.25, -0.2) is 0 Å². The molecule has 3 aromatic rings. The second-order valence-corrected chi connectivity index (χ2v) is 7.79. The van der Waals surface area contributed by atoms with Crippen molar-refractivity contribution in [3.8, 4) is 11.5 Å². The standard InChI is InChI=1S/C18H22NO5P/c1-23-13-5-7-17-15(11-13)16-12-14(24-2)6-8-18(16)19(17)9-3-4-10-25(20,21)22/h5-8,11-12H,3-4,9-10H2,1-2H3,(H2,20,21,22). The number of fused-ring (bicyclic) bond motifs is 3. The Labute approximate surface area is 146 Å². The highest BCUT2D eigenvalue weighted by Crippen LogP contribution is 2.36. The maximum atomic E-state index is 11.0. The van der Waals surface area contributed by atoms with Crippen LogP contribution in [0.5, 0.6) is 11.5 Å². The van der Waals surface area contributed by atoms with Crippen molar-refractivity contribution in [2.45, 2.75) is 19.4 Å². The van der Waals surface area contributed by atoms with Gasteiger partial charge in [-0.2, -0.15) is 0 Å². The van der Waals surface area contributed by atoms with E-state index in [0.29, 0.717) is 19.4 Å². The first kappa shape index (κ1) is 17.8. The Balaban J connectivity index is 2.01. The summed E-state index contributed by atoms with van der Waals surface area (Å²) in [7, 11) is -0.648. The highest BCUT2D eigenvalue weighted by Gasteiger charge is 2.14. The first-order valence-corrected chi connectivity index (χ1v) is 9.91. The van der Waals surface area contributed by atoms with Gasteiger partial charge in [0.25, 0.3) is 0 Å². The summed E-state index contributed by atoms with van der Waals surface area (Å²) in [6, 6.07) is 11.9. The summed E-state index contributed by atoms with van der Waals surface area (Å²) >= 11 is 0. The molecule has 0 unspecified atom stereocenters. The minimum absolute atomic E-state index is 0.0776. The van der Waals surface area contributed by atoms with Crippen LogP contribution in [0.4, 0.5) is 0 Å². The summed E-state index contributed by atoms with van der Waals surface area (Å²) in [5.41, 5.74) is 2.14. The first-order chi connectivity index (χ1) is 11.9. The van der Waals surface area contributed by atoms with E-state index in [1.807, 2.05) is 36.4 Å². The van der Waals surface area contributed by atoms with Crippen molar-refractivity contribution in [2.24, 2.45) is 0 Å². The second kappa shape index (κ2) is 7.08. The number of benzene rings is 2. The van der Waals surface area contributed by atoms with Gasteiger partial charge in [0, 0.05) is 34.5 Å². The van der Waals surface area contributed by atoms with Crippen LogP contribution in [0, 0.1) is 0 Å². The van der Waals surface area contributed by atoms with Crippen molar-refractivity contribution in [3.05, 3.63) is 36.4 Å². The van der Waals surface area contributed by atoms with Crippen molar-refractivity contribution in [1.82, 2.24) is 4.57 Å². The van der Waals surface area contributed by atoms with E-state index in [4.69, 9.17) is 19.3 Å². The maximum absolute atomic E-state index is 11.0. The van der Waals surface area contributed by atoms with Gasteiger partial charge in [0.1, 0.15) is 11.5 Å². The number of rotatable bonds is 7. The van der Waals surface area contributed by atoms with Crippen LogP contribution in [-0.2, 0) is 11.1 Å².